The van der Waals surface area contributed by atoms with Crippen LogP contribution in [0.5, 0.6) is 0 Å². The third-order valence-corrected chi connectivity index (χ3v) is 5.22. The van der Waals surface area contributed by atoms with E-state index in [0.717, 1.165) is 0 Å². The van der Waals surface area contributed by atoms with E-state index in [-0.39, 0.29) is 18.8 Å². The lowest BCUT2D eigenvalue weighted by molar-refractivity contribution is -0.143. The molecule has 0 heterocycles. The molecule has 0 aliphatic rings. The van der Waals surface area contributed by atoms with Gasteiger partial charge in [0.15, 0.2) is 0 Å². The molecule has 13 nitrogen and oxygen atoms in total. The van der Waals surface area contributed by atoms with Crippen LogP contribution in [-0.2, 0) is 24.0 Å². The first-order valence-electron chi connectivity index (χ1n) is 11.9. The van der Waals surface area contributed by atoms with E-state index in [4.69, 9.17) is 17.2 Å². The Labute approximate surface area is 205 Å². The highest BCUT2D eigenvalue weighted by Gasteiger charge is 2.31. The Bertz CT molecular complexity index is 704. The molecule has 0 fully saturated rings. The summed E-state index contributed by atoms with van der Waals surface area (Å²) in [7, 11) is 0. The third kappa shape index (κ3) is 14.3. The van der Waals surface area contributed by atoms with Crippen LogP contribution < -0.4 is 33.2 Å². The van der Waals surface area contributed by atoms with Crippen LogP contribution in [0.4, 0.5) is 0 Å². The maximum atomic E-state index is 12.9. The molecule has 4 unspecified atom stereocenters. The van der Waals surface area contributed by atoms with Crippen LogP contribution in [0.2, 0.25) is 0 Å². The number of aliphatic carboxylic acids is 2. The Morgan fingerprint density at radius 1 is 0.714 bits per heavy atom. The van der Waals surface area contributed by atoms with Crippen LogP contribution in [0, 0.1) is 5.92 Å². The van der Waals surface area contributed by atoms with Gasteiger partial charge in [0.05, 0.1) is 12.5 Å². The average Bonchev–Trinajstić information content (AvgIpc) is 2.76. The molecular weight excluding hydrogens is 460 g/mol. The highest BCUT2D eigenvalue weighted by atomic mass is 16.4. The summed E-state index contributed by atoms with van der Waals surface area (Å²) in [4.78, 5) is 60.9. The first-order chi connectivity index (χ1) is 16.4. The molecule has 0 bridgehead atoms. The summed E-state index contributed by atoms with van der Waals surface area (Å²) in [6.45, 7) is 4.53. The molecular formula is C22H42N6O7. The van der Waals surface area contributed by atoms with Gasteiger partial charge in [0.2, 0.25) is 17.7 Å². The number of carbonyl (C=O) groups excluding carboxylic acids is 3. The molecule has 0 aliphatic carbocycles. The first kappa shape index (κ1) is 32.2. The number of rotatable bonds is 19. The quantitative estimate of drug-likeness (QED) is 0.0963. The number of carboxylic acid groups (broad SMARTS) is 2. The second-order valence-corrected chi connectivity index (χ2v) is 8.92. The van der Waals surface area contributed by atoms with E-state index in [1.165, 1.54) is 0 Å². The van der Waals surface area contributed by atoms with Crippen molar-refractivity contribution in [2.24, 2.45) is 23.1 Å². The van der Waals surface area contributed by atoms with Crippen molar-refractivity contribution in [3.63, 3.8) is 0 Å². The van der Waals surface area contributed by atoms with Crippen molar-refractivity contribution in [3.05, 3.63) is 0 Å². The normalized spacial score (nSPS) is 14.5. The Balaban J connectivity index is 5.47. The van der Waals surface area contributed by atoms with E-state index in [0.29, 0.717) is 45.2 Å². The zero-order chi connectivity index (χ0) is 27.0. The summed E-state index contributed by atoms with van der Waals surface area (Å²) >= 11 is 0. The van der Waals surface area contributed by atoms with Gasteiger partial charge in [-0.2, -0.15) is 0 Å². The van der Waals surface area contributed by atoms with Crippen LogP contribution in [-0.4, -0.2) is 77.1 Å². The van der Waals surface area contributed by atoms with E-state index in [9.17, 15) is 34.2 Å². The zero-order valence-corrected chi connectivity index (χ0v) is 20.6. The van der Waals surface area contributed by atoms with Gasteiger partial charge >= 0.3 is 11.9 Å². The Kier molecular flexibility index (Phi) is 16.2. The van der Waals surface area contributed by atoms with Crippen LogP contribution in [0.1, 0.15) is 65.2 Å². The molecule has 202 valence electrons. The van der Waals surface area contributed by atoms with Crippen LogP contribution in [0.25, 0.3) is 0 Å². The van der Waals surface area contributed by atoms with Crippen LogP contribution >= 0.6 is 0 Å². The van der Waals surface area contributed by atoms with Crippen molar-refractivity contribution in [1.82, 2.24) is 16.0 Å². The molecule has 3 amide bonds. The van der Waals surface area contributed by atoms with Gasteiger partial charge < -0.3 is 43.4 Å². The van der Waals surface area contributed by atoms with Crippen LogP contribution in [0.15, 0.2) is 0 Å². The minimum absolute atomic E-state index is 0.0948. The van der Waals surface area contributed by atoms with Crippen molar-refractivity contribution in [1.29, 1.82) is 0 Å². The molecule has 0 aromatic rings. The third-order valence-electron chi connectivity index (χ3n) is 5.22. The van der Waals surface area contributed by atoms with Gasteiger partial charge in [-0.25, -0.2) is 4.79 Å². The van der Waals surface area contributed by atoms with Crippen LogP contribution in [0.3, 0.4) is 0 Å². The Hall–Kier alpha value is -2.77. The smallest absolute Gasteiger partial charge is 0.326 e. The fourth-order valence-electron chi connectivity index (χ4n) is 3.33. The summed E-state index contributed by atoms with van der Waals surface area (Å²) < 4.78 is 0. The monoisotopic (exact) mass is 502 g/mol. The van der Waals surface area contributed by atoms with E-state index < -0.39 is 60.2 Å². The summed E-state index contributed by atoms with van der Waals surface area (Å²) in [5.41, 5.74) is 16.8. The molecule has 0 radical (unpaired) electrons. The summed E-state index contributed by atoms with van der Waals surface area (Å²) in [5, 5.41) is 25.8. The summed E-state index contributed by atoms with van der Waals surface area (Å²) in [6.07, 6.45) is 1.98. The zero-order valence-electron chi connectivity index (χ0n) is 20.6. The molecule has 13 heteroatoms. The number of carbonyl (C=O) groups is 5. The number of nitrogens with one attached hydrogen (secondary N) is 3. The van der Waals surface area contributed by atoms with Gasteiger partial charge in [0.25, 0.3) is 0 Å². The van der Waals surface area contributed by atoms with E-state index in [1.54, 1.807) is 0 Å². The highest BCUT2D eigenvalue weighted by molar-refractivity contribution is 5.95. The molecule has 11 N–H and O–H groups in total. The summed E-state index contributed by atoms with van der Waals surface area (Å²) in [6, 6.07) is -4.73. The summed E-state index contributed by atoms with van der Waals surface area (Å²) in [5.74, 6) is -4.79. The second-order valence-electron chi connectivity index (χ2n) is 8.92. The number of unbranched alkanes of at least 4 members (excludes halogenated alkanes) is 2. The van der Waals surface area contributed by atoms with Gasteiger partial charge in [-0.05, 0) is 64.0 Å². The highest BCUT2D eigenvalue weighted by Crippen LogP contribution is 2.07. The average molecular weight is 503 g/mol. The molecule has 0 aromatic heterocycles. The molecule has 4 atom stereocenters. The molecule has 0 saturated carbocycles. The lowest BCUT2D eigenvalue weighted by Crippen LogP contribution is -2.57. The minimum atomic E-state index is -1.55. The second kappa shape index (κ2) is 17.6. The van der Waals surface area contributed by atoms with Crippen molar-refractivity contribution >= 4 is 29.7 Å². The van der Waals surface area contributed by atoms with Crippen molar-refractivity contribution in [2.45, 2.75) is 89.4 Å². The number of hydrogen-bond acceptors (Lipinski definition) is 8. The predicted molar refractivity (Wildman–Crippen MR) is 129 cm³/mol. The molecule has 0 aliphatic heterocycles. The molecule has 0 spiro atoms. The maximum absolute atomic E-state index is 12.9. The lowest BCUT2D eigenvalue weighted by atomic mass is 10.0. The topological polar surface area (TPSA) is 240 Å². The van der Waals surface area contributed by atoms with Gasteiger partial charge in [-0.15, -0.1) is 0 Å². The van der Waals surface area contributed by atoms with E-state index in [1.807, 2.05) is 13.8 Å². The van der Waals surface area contributed by atoms with Gasteiger partial charge in [0.1, 0.15) is 18.1 Å². The van der Waals surface area contributed by atoms with Gasteiger partial charge in [-0.1, -0.05) is 13.8 Å². The fraction of sp³-hybridized carbons (Fsp3) is 0.773. The molecule has 0 rings (SSSR count). The number of hydrogen-bond donors (Lipinski definition) is 8. The number of nitrogens with two attached hydrogens (primary N) is 3. The van der Waals surface area contributed by atoms with Crippen molar-refractivity contribution in [2.75, 3.05) is 13.1 Å². The van der Waals surface area contributed by atoms with Gasteiger partial charge in [0, 0.05) is 0 Å². The Morgan fingerprint density at radius 2 is 1.17 bits per heavy atom. The lowest BCUT2D eigenvalue weighted by Gasteiger charge is -2.25. The van der Waals surface area contributed by atoms with Gasteiger partial charge in [-0.3, -0.25) is 19.2 Å². The Morgan fingerprint density at radius 3 is 1.63 bits per heavy atom. The van der Waals surface area contributed by atoms with E-state index >= 15 is 0 Å². The maximum Gasteiger partial charge on any atom is 0.326 e. The SMILES string of the molecule is CC(C)CC(N)C(=O)NC(CCCCN)C(=O)NC(CC(=O)O)C(=O)NC(CCCCN)C(=O)O. The molecule has 0 aromatic carbocycles. The number of carboxylic acids is 2. The standard InChI is InChI=1S/C22H42N6O7/c1-13(2)11-14(25)19(31)26-15(7-3-5-9-23)20(32)28-17(12-18(29)30)21(33)27-16(22(34)35)8-4-6-10-24/h13-17H,3-12,23-25H2,1-2H3,(H,26,31)(H,27,33)(H,28,32)(H,29,30)(H,34,35). The first-order valence-corrected chi connectivity index (χ1v) is 11.9. The van der Waals surface area contributed by atoms with Crippen molar-refractivity contribution < 1.29 is 34.2 Å². The predicted octanol–water partition coefficient (Wildman–Crippen LogP) is -1.37. The van der Waals surface area contributed by atoms with E-state index in [2.05, 4.69) is 16.0 Å². The molecule has 0 saturated heterocycles. The van der Waals surface area contributed by atoms with Crippen molar-refractivity contribution in [3.8, 4) is 0 Å². The number of amides is 3. The largest absolute Gasteiger partial charge is 0.481 e. The molecule has 35 heavy (non-hydrogen) atoms. The fourth-order valence-corrected chi connectivity index (χ4v) is 3.33. The minimum Gasteiger partial charge on any atom is -0.481 e.